The molecule has 0 bridgehead atoms. The van der Waals surface area contributed by atoms with Crippen molar-refractivity contribution in [2.75, 3.05) is 11.4 Å². The molecule has 1 heterocycles. The number of hydrogen-bond acceptors (Lipinski definition) is 3. The Morgan fingerprint density at radius 1 is 1.41 bits per heavy atom. The smallest absolute Gasteiger partial charge is 0.129 e. The van der Waals surface area contributed by atoms with Gasteiger partial charge in [0.15, 0.2) is 0 Å². The lowest BCUT2D eigenvalue weighted by molar-refractivity contribution is 0.602. The molecule has 1 aromatic rings. The monoisotopic (exact) mass is 233 g/mol. The van der Waals surface area contributed by atoms with Gasteiger partial charge in [0.25, 0.3) is 0 Å². The van der Waals surface area contributed by atoms with Gasteiger partial charge in [0.2, 0.25) is 0 Å². The average molecular weight is 233 g/mol. The van der Waals surface area contributed by atoms with Crippen molar-refractivity contribution in [2.45, 2.75) is 45.7 Å². The molecule has 0 unspecified atom stereocenters. The van der Waals surface area contributed by atoms with E-state index in [-0.39, 0.29) is 6.04 Å². The molecule has 1 aromatic heterocycles. The van der Waals surface area contributed by atoms with Gasteiger partial charge in [0.05, 0.1) is 0 Å². The Morgan fingerprint density at radius 3 is 2.65 bits per heavy atom. The Hall–Kier alpha value is -1.09. The van der Waals surface area contributed by atoms with E-state index < -0.39 is 0 Å². The molecule has 1 saturated carbocycles. The van der Waals surface area contributed by atoms with Gasteiger partial charge in [0, 0.05) is 24.8 Å². The zero-order valence-electron chi connectivity index (χ0n) is 11.1. The van der Waals surface area contributed by atoms with Crippen molar-refractivity contribution in [1.82, 2.24) is 4.98 Å². The van der Waals surface area contributed by atoms with Crippen molar-refractivity contribution in [3.63, 3.8) is 0 Å². The molecule has 2 N–H and O–H groups in total. The fourth-order valence-electron chi connectivity index (χ4n) is 2.08. The third kappa shape index (κ3) is 3.19. The molecule has 0 aliphatic heterocycles. The molecule has 1 aliphatic carbocycles. The molecule has 94 valence electrons. The van der Waals surface area contributed by atoms with Crippen LogP contribution in [0.3, 0.4) is 0 Å². The van der Waals surface area contributed by atoms with E-state index in [4.69, 9.17) is 5.73 Å². The second-order valence-corrected chi connectivity index (χ2v) is 5.51. The topological polar surface area (TPSA) is 42.1 Å². The number of nitrogens with two attached hydrogens (primary N) is 1. The highest BCUT2D eigenvalue weighted by Crippen LogP contribution is 2.31. The maximum absolute atomic E-state index is 5.93. The molecule has 0 aromatic carbocycles. The molecule has 0 spiro atoms. The van der Waals surface area contributed by atoms with Crippen LogP contribution in [0.25, 0.3) is 0 Å². The van der Waals surface area contributed by atoms with Gasteiger partial charge in [-0.2, -0.15) is 0 Å². The normalized spacial score (nSPS) is 17.2. The minimum absolute atomic E-state index is 0.0804. The van der Waals surface area contributed by atoms with Gasteiger partial charge >= 0.3 is 0 Å². The second-order valence-electron chi connectivity index (χ2n) is 5.51. The Kier molecular flexibility index (Phi) is 3.67. The lowest BCUT2D eigenvalue weighted by Gasteiger charge is -2.26. The molecule has 2 rings (SSSR count). The molecular formula is C14H23N3. The van der Waals surface area contributed by atoms with Gasteiger partial charge < -0.3 is 10.6 Å². The Morgan fingerprint density at radius 2 is 2.12 bits per heavy atom. The van der Waals surface area contributed by atoms with Crippen molar-refractivity contribution in [3.8, 4) is 0 Å². The second kappa shape index (κ2) is 5.05. The predicted octanol–water partition coefficient (Wildman–Crippen LogP) is 2.73. The minimum atomic E-state index is 0.0804. The van der Waals surface area contributed by atoms with Crippen molar-refractivity contribution in [3.05, 3.63) is 23.9 Å². The van der Waals surface area contributed by atoms with E-state index >= 15 is 0 Å². The number of anilines is 1. The van der Waals surface area contributed by atoms with Crippen LogP contribution in [0.5, 0.6) is 0 Å². The van der Waals surface area contributed by atoms with E-state index in [1.54, 1.807) is 0 Å². The largest absolute Gasteiger partial charge is 0.353 e. The van der Waals surface area contributed by atoms with E-state index in [2.05, 4.69) is 29.8 Å². The summed E-state index contributed by atoms with van der Waals surface area (Å²) in [4.78, 5) is 6.95. The molecule has 1 atom stereocenters. The molecule has 0 amide bonds. The maximum Gasteiger partial charge on any atom is 0.129 e. The van der Waals surface area contributed by atoms with E-state index in [0.717, 1.165) is 12.4 Å². The van der Waals surface area contributed by atoms with E-state index in [1.165, 1.54) is 18.4 Å². The number of nitrogens with zero attached hydrogens (tertiary/aromatic N) is 2. The van der Waals surface area contributed by atoms with Crippen LogP contribution in [0.4, 0.5) is 5.82 Å². The van der Waals surface area contributed by atoms with Crippen LogP contribution in [0, 0.1) is 5.92 Å². The van der Waals surface area contributed by atoms with E-state index in [1.807, 2.05) is 19.2 Å². The van der Waals surface area contributed by atoms with Gasteiger partial charge in [-0.3, -0.25) is 0 Å². The summed E-state index contributed by atoms with van der Waals surface area (Å²) >= 11 is 0. The van der Waals surface area contributed by atoms with Gasteiger partial charge in [0.1, 0.15) is 5.82 Å². The molecule has 0 radical (unpaired) electrons. The lowest BCUT2D eigenvalue weighted by atomic mass is 10.1. The SMILES string of the molecule is CC(C)CN(c1cc([C@@H](C)N)ccn1)C1CC1. The Bertz CT molecular complexity index is 369. The maximum atomic E-state index is 5.93. The summed E-state index contributed by atoms with van der Waals surface area (Å²) in [6.45, 7) is 7.61. The molecular weight excluding hydrogens is 210 g/mol. The fourth-order valence-corrected chi connectivity index (χ4v) is 2.08. The summed E-state index contributed by atoms with van der Waals surface area (Å²) in [6.07, 6.45) is 4.48. The molecule has 1 aliphatic rings. The van der Waals surface area contributed by atoms with Crippen LogP contribution in [0.15, 0.2) is 18.3 Å². The van der Waals surface area contributed by atoms with Crippen LogP contribution in [-0.2, 0) is 0 Å². The average Bonchev–Trinajstić information content (AvgIpc) is 3.09. The first kappa shape index (κ1) is 12.4. The van der Waals surface area contributed by atoms with Crippen LogP contribution in [0.2, 0.25) is 0 Å². The number of aromatic nitrogens is 1. The summed E-state index contributed by atoms with van der Waals surface area (Å²) < 4.78 is 0. The highest BCUT2D eigenvalue weighted by Gasteiger charge is 2.30. The van der Waals surface area contributed by atoms with Crippen LogP contribution in [-0.4, -0.2) is 17.6 Å². The number of hydrogen-bond donors (Lipinski definition) is 1. The first-order chi connectivity index (χ1) is 8.08. The highest BCUT2D eigenvalue weighted by molar-refractivity contribution is 5.44. The third-order valence-corrected chi connectivity index (χ3v) is 3.14. The molecule has 17 heavy (non-hydrogen) atoms. The van der Waals surface area contributed by atoms with Crippen molar-refractivity contribution in [2.24, 2.45) is 11.7 Å². The summed E-state index contributed by atoms with van der Waals surface area (Å²) in [5, 5.41) is 0. The summed E-state index contributed by atoms with van der Waals surface area (Å²) in [7, 11) is 0. The Labute approximate surface area is 104 Å². The molecule has 3 heteroatoms. The van der Waals surface area contributed by atoms with Crippen molar-refractivity contribution in [1.29, 1.82) is 0 Å². The third-order valence-electron chi connectivity index (χ3n) is 3.14. The first-order valence-electron chi connectivity index (χ1n) is 6.56. The van der Waals surface area contributed by atoms with E-state index in [9.17, 15) is 0 Å². The fraction of sp³-hybridized carbons (Fsp3) is 0.643. The highest BCUT2D eigenvalue weighted by atomic mass is 15.2. The molecule has 1 fully saturated rings. The Balaban J connectivity index is 2.19. The summed E-state index contributed by atoms with van der Waals surface area (Å²) in [5.74, 6) is 1.76. The zero-order chi connectivity index (χ0) is 12.4. The quantitative estimate of drug-likeness (QED) is 0.850. The zero-order valence-corrected chi connectivity index (χ0v) is 11.1. The van der Waals surface area contributed by atoms with Gasteiger partial charge in [-0.25, -0.2) is 4.98 Å². The number of pyridine rings is 1. The van der Waals surface area contributed by atoms with E-state index in [0.29, 0.717) is 12.0 Å². The number of rotatable bonds is 5. The molecule has 0 saturated heterocycles. The van der Waals surface area contributed by atoms with Gasteiger partial charge in [-0.15, -0.1) is 0 Å². The van der Waals surface area contributed by atoms with Crippen LogP contribution in [0.1, 0.15) is 45.2 Å². The van der Waals surface area contributed by atoms with Gasteiger partial charge in [-0.1, -0.05) is 13.8 Å². The van der Waals surface area contributed by atoms with Crippen LogP contribution >= 0.6 is 0 Å². The minimum Gasteiger partial charge on any atom is -0.353 e. The van der Waals surface area contributed by atoms with Crippen molar-refractivity contribution >= 4 is 5.82 Å². The standard InChI is InChI=1S/C14H23N3/c1-10(2)9-17(13-4-5-13)14-8-12(11(3)15)6-7-16-14/h6-8,10-11,13H,4-5,9,15H2,1-3H3/t11-/m1/s1. The van der Waals surface area contributed by atoms with Crippen molar-refractivity contribution < 1.29 is 0 Å². The van der Waals surface area contributed by atoms with Crippen LogP contribution < -0.4 is 10.6 Å². The summed E-state index contributed by atoms with van der Waals surface area (Å²) in [5.41, 5.74) is 7.10. The predicted molar refractivity (Wildman–Crippen MR) is 72.0 cm³/mol. The van der Waals surface area contributed by atoms with Gasteiger partial charge in [-0.05, 0) is 43.4 Å². The summed E-state index contributed by atoms with van der Waals surface area (Å²) in [6, 6.07) is 4.94. The first-order valence-corrected chi connectivity index (χ1v) is 6.56. The lowest BCUT2D eigenvalue weighted by Crippen LogP contribution is -2.30. The molecule has 3 nitrogen and oxygen atoms in total.